The zero-order valence-electron chi connectivity index (χ0n) is 17.3. The minimum Gasteiger partial charge on any atom is -0.462 e. The maximum atomic E-state index is 12.4. The Kier molecular flexibility index (Phi) is 4.55. The van der Waals surface area contributed by atoms with Crippen LogP contribution in [0.1, 0.15) is 79.1 Å². The van der Waals surface area contributed by atoms with Crippen LogP contribution in [-0.2, 0) is 19.1 Å². The molecule has 27 heavy (non-hydrogen) atoms. The van der Waals surface area contributed by atoms with E-state index in [4.69, 9.17) is 4.74 Å². The van der Waals surface area contributed by atoms with Gasteiger partial charge in [0.25, 0.3) is 0 Å². The molecule has 0 aromatic carbocycles. The smallest absolute Gasteiger partial charge is 0.302 e. The summed E-state index contributed by atoms with van der Waals surface area (Å²) in [5, 5.41) is 0. The Labute approximate surface area is 162 Å². The molecule has 0 spiro atoms. The van der Waals surface area contributed by atoms with Crippen molar-refractivity contribution in [2.24, 2.45) is 40.4 Å². The summed E-state index contributed by atoms with van der Waals surface area (Å²) >= 11 is 0. The molecule has 8 atom stereocenters. The van der Waals surface area contributed by atoms with Gasteiger partial charge in [-0.2, -0.15) is 0 Å². The molecule has 150 valence electrons. The molecule has 4 aliphatic rings. The molecule has 0 unspecified atom stereocenters. The zero-order chi connectivity index (χ0) is 19.6. The second-order valence-corrected chi connectivity index (χ2v) is 10.4. The van der Waals surface area contributed by atoms with Crippen LogP contribution in [0.5, 0.6) is 0 Å². The monoisotopic (exact) mass is 374 g/mol. The number of rotatable bonds is 2. The lowest BCUT2D eigenvalue weighted by Gasteiger charge is -2.62. The summed E-state index contributed by atoms with van der Waals surface area (Å²) in [7, 11) is 0. The summed E-state index contributed by atoms with van der Waals surface area (Å²) < 4.78 is 5.97. The van der Waals surface area contributed by atoms with Gasteiger partial charge in [-0.25, -0.2) is 0 Å². The van der Waals surface area contributed by atoms with Crippen molar-refractivity contribution >= 4 is 17.5 Å². The van der Waals surface area contributed by atoms with Gasteiger partial charge in [0.2, 0.25) is 0 Å². The molecule has 4 fully saturated rings. The lowest BCUT2D eigenvalue weighted by molar-refractivity contribution is -0.193. The maximum Gasteiger partial charge on any atom is 0.302 e. The maximum absolute atomic E-state index is 12.4. The van der Waals surface area contributed by atoms with Crippen molar-refractivity contribution in [2.45, 2.75) is 85.2 Å². The normalized spacial score (nSPS) is 49.0. The van der Waals surface area contributed by atoms with Gasteiger partial charge in [-0.05, 0) is 74.0 Å². The molecule has 4 aliphatic carbocycles. The van der Waals surface area contributed by atoms with Gasteiger partial charge in [0.15, 0.2) is 0 Å². The fraction of sp³-hybridized carbons (Fsp3) is 0.870. The number of ketones is 2. The van der Waals surface area contributed by atoms with Gasteiger partial charge < -0.3 is 4.74 Å². The van der Waals surface area contributed by atoms with Crippen molar-refractivity contribution in [3.8, 4) is 0 Å². The SMILES string of the molecule is CC(=O)O[C@@H]1C[C@]2(C)[C@@H](C(C)=O)CC[C@@H]2[C@@H]2CC[C@H]3CC(=O)CC[C@]3(C)[C@@H]21. The van der Waals surface area contributed by atoms with Crippen LogP contribution in [0.15, 0.2) is 0 Å². The third-order valence-electron chi connectivity index (χ3n) is 9.20. The predicted molar refractivity (Wildman–Crippen MR) is 102 cm³/mol. The molecule has 0 radical (unpaired) electrons. The first-order valence-corrected chi connectivity index (χ1v) is 10.9. The van der Waals surface area contributed by atoms with E-state index in [1.165, 1.54) is 6.92 Å². The Morgan fingerprint density at radius 1 is 1.04 bits per heavy atom. The predicted octanol–water partition coefficient (Wildman–Crippen LogP) is 4.35. The van der Waals surface area contributed by atoms with Crippen molar-refractivity contribution in [1.29, 1.82) is 0 Å². The molecular weight excluding hydrogens is 340 g/mol. The summed E-state index contributed by atoms with van der Waals surface area (Å²) in [6.07, 6.45) is 7.29. The summed E-state index contributed by atoms with van der Waals surface area (Å²) in [5.41, 5.74) is 0.0212. The summed E-state index contributed by atoms with van der Waals surface area (Å²) in [4.78, 5) is 36.5. The number of hydrogen-bond acceptors (Lipinski definition) is 4. The third-order valence-corrected chi connectivity index (χ3v) is 9.20. The number of Topliss-reactive ketones (excluding diaryl/α,β-unsaturated/α-hetero) is 2. The van der Waals surface area contributed by atoms with Gasteiger partial charge >= 0.3 is 5.97 Å². The molecule has 4 nitrogen and oxygen atoms in total. The highest BCUT2D eigenvalue weighted by Crippen LogP contribution is 2.67. The molecule has 4 heteroatoms. The number of esters is 1. The second-order valence-electron chi connectivity index (χ2n) is 10.4. The first-order valence-electron chi connectivity index (χ1n) is 10.9. The van der Waals surface area contributed by atoms with Gasteiger partial charge in [-0.1, -0.05) is 13.8 Å². The molecule has 4 rings (SSSR count). The Balaban J connectivity index is 1.73. The Bertz CT molecular complexity index is 669. The molecule has 0 saturated heterocycles. The largest absolute Gasteiger partial charge is 0.462 e. The zero-order valence-corrected chi connectivity index (χ0v) is 17.3. The van der Waals surface area contributed by atoms with E-state index in [0.29, 0.717) is 48.1 Å². The highest BCUT2D eigenvalue weighted by atomic mass is 16.5. The van der Waals surface area contributed by atoms with E-state index in [9.17, 15) is 14.4 Å². The van der Waals surface area contributed by atoms with Gasteiger partial charge in [0.1, 0.15) is 17.7 Å². The van der Waals surface area contributed by atoms with Crippen molar-refractivity contribution in [3.05, 3.63) is 0 Å². The van der Waals surface area contributed by atoms with Gasteiger partial charge in [-0.15, -0.1) is 0 Å². The molecule has 0 bridgehead atoms. The number of hydrogen-bond donors (Lipinski definition) is 0. The average molecular weight is 375 g/mol. The number of carbonyl (C=O) groups excluding carboxylic acids is 3. The molecular formula is C23H34O4. The van der Waals surface area contributed by atoms with Crippen LogP contribution in [0.3, 0.4) is 0 Å². The van der Waals surface area contributed by atoms with E-state index in [1.807, 2.05) is 0 Å². The Morgan fingerprint density at radius 3 is 2.44 bits per heavy atom. The van der Waals surface area contributed by atoms with E-state index in [1.54, 1.807) is 6.92 Å². The highest BCUT2D eigenvalue weighted by Gasteiger charge is 2.64. The molecule has 0 heterocycles. The lowest BCUT2D eigenvalue weighted by atomic mass is 9.44. The topological polar surface area (TPSA) is 60.4 Å². The fourth-order valence-electron chi connectivity index (χ4n) is 8.12. The molecule has 0 N–H and O–H groups in total. The van der Waals surface area contributed by atoms with Crippen molar-refractivity contribution in [1.82, 2.24) is 0 Å². The summed E-state index contributed by atoms with van der Waals surface area (Å²) in [6.45, 7) is 7.88. The van der Waals surface area contributed by atoms with Crippen molar-refractivity contribution in [2.75, 3.05) is 0 Å². The van der Waals surface area contributed by atoms with Gasteiger partial charge in [0.05, 0.1) is 0 Å². The molecule has 4 saturated carbocycles. The van der Waals surface area contributed by atoms with Crippen LogP contribution >= 0.6 is 0 Å². The van der Waals surface area contributed by atoms with Crippen LogP contribution in [0.25, 0.3) is 0 Å². The van der Waals surface area contributed by atoms with Crippen molar-refractivity contribution < 1.29 is 19.1 Å². The quantitative estimate of drug-likeness (QED) is 0.675. The molecule has 0 amide bonds. The van der Waals surface area contributed by atoms with Crippen LogP contribution in [0.2, 0.25) is 0 Å². The Hall–Kier alpha value is -1.19. The molecule has 0 aromatic heterocycles. The van der Waals surface area contributed by atoms with Crippen LogP contribution < -0.4 is 0 Å². The summed E-state index contributed by atoms with van der Waals surface area (Å²) in [5.74, 6) is 2.38. The number of fused-ring (bicyclic) bond motifs is 5. The first kappa shape index (κ1) is 19.1. The third kappa shape index (κ3) is 2.81. The molecule has 0 aliphatic heterocycles. The van der Waals surface area contributed by atoms with E-state index in [-0.39, 0.29) is 28.8 Å². The van der Waals surface area contributed by atoms with Gasteiger partial charge in [0, 0.05) is 31.6 Å². The lowest BCUT2D eigenvalue weighted by Crippen LogP contribution is -2.60. The number of ether oxygens (including phenoxy) is 1. The highest BCUT2D eigenvalue weighted by molar-refractivity contribution is 5.80. The van der Waals surface area contributed by atoms with Crippen molar-refractivity contribution in [3.63, 3.8) is 0 Å². The second kappa shape index (κ2) is 6.42. The first-order chi connectivity index (χ1) is 12.7. The van der Waals surface area contributed by atoms with Crippen LogP contribution in [-0.4, -0.2) is 23.6 Å². The van der Waals surface area contributed by atoms with E-state index in [0.717, 1.165) is 38.5 Å². The number of carbonyl (C=O) groups is 3. The summed E-state index contributed by atoms with van der Waals surface area (Å²) in [6, 6.07) is 0. The van der Waals surface area contributed by atoms with Gasteiger partial charge in [-0.3, -0.25) is 14.4 Å². The van der Waals surface area contributed by atoms with E-state index in [2.05, 4.69) is 13.8 Å². The molecule has 0 aromatic rings. The minimum atomic E-state index is -0.212. The standard InChI is InChI=1S/C23H34O4/c1-13(24)18-7-8-19-17-6-5-15-11-16(26)9-10-22(15,3)21(17)20(27-14(2)25)12-23(18,19)4/h15,17-21H,5-12H2,1-4H3/t15-,17-,18+,19+,20+,21-,22-,23+/m0/s1. The van der Waals surface area contributed by atoms with E-state index < -0.39 is 0 Å². The minimum absolute atomic E-state index is 0.0548. The van der Waals surface area contributed by atoms with Crippen LogP contribution in [0, 0.1) is 40.4 Å². The average Bonchev–Trinajstić information content (AvgIpc) is 2.91. The van der Waals surface area contributed by atoms with Crippen LogP contribution in [0.4, 0.5) is 0 Å². The van der Waals surface area contributed by atoms with E-state index >= 15 is 0 Å². The Morgan fingerprint density at radius 2 is 1.78 bits per heavy atom. The fourth-order valence-corrected chi connectivity index (χ4v) is 8.12.